The van der Waals surface area contributed by atoms with Gasteiger partial charge >= 0.3 is 5.97 Å². The van der Waals surface area contributed by atoms with Gasteiger partial charge in [-0.3, -0.25) is 5.32 Å². The zero-order chi connectivity index (χ0) is 14.3. The van der Waals surface area contributed by atoms with Gasteiger partial charge in [-0.05, 0) is 30.9 Å². The summed E-state index contributed by atoms with van der Waals surface area (Å²) in [5, 5.41) is 12.1. The number of carbonyl (C=O) groups is 1. The van der Waals surface area contributed by atoms with Gasteiger partial charge in [0.2, 0.25) is 0 Å². The average Bonchev–Trinajstić information content (AvgIpc) is 2.44. The SMILES string of the molecule is COC(=O)[C@H](N[C@H](C)CSC)c1cccc(C#N)c1. The van der Waals surface area contributed by atoms with Crippen molar-refractivity contribution in [3.8, 4) is 6.07 Å². The number of ether oxygens (including phenoxy) is 1. The first-order valence-corrected chi connectivity index (χ1v) is 7.34. The summed E-state index contributed by atoms with van der Waals surface area (Å²) in [6.45, 7) is 2.01. The maximum atomic E-state index is 11.9. The highest BCUT2D eigenvalue weighted by atomic mass is 32.2. The molecular weight excluding hydrogens is 260 g/mol. The van der Waals surface area contributed by atoms with E-state index in [1.807, 2.05) is 19.2 Å². The van der Waals surface area contributed by atoms with Crippen molar-refractivity contribution >= 4 is 17.7 Å². The van der Waals surface area contributed by atoms with Crippen LogP contribution in [0.1, 0.15) is 24.1 Å². The first kappa shape index (κ1) is 15.5. The van der Waals surface area contributed by atoms with E-state index >= 15 is 0 Å². The lowest BCUT2D eigenvalue weighted by atomic mass is 10.0. The molecule has 0 amide bonds. The molecule has 2 atom stereocenters. The third-order valence-electron chi connectivity index (χ3n) is 2.65. The lowest BCUT2D eigenvalue weighted by Gasteiger charge is -2.21. The van der Waals surface area contributed by atoms with Gasteiger partial charge in [0.15, 0.2) is 0 Å². The van der Waals surface area contributed by atoms with Crippen molar-refractivity contribution in [2.75, 3.05) is 19.1 Å². The number of esters is 1. The standard InChI is InChI=1S/C14H18N2O2S/c1-10(9-19-3)16-13(14(17)18-2)12-6-4-5-11(7-12)8-15/h4-7,10,13,16H,9H2,1-3H3/t10-,13-/m1/s1. The van der Waals surface area contributed by atoms with E-state index in [4.69, 9.17) is 10.00 Å². The molecule has 1 aromatic carbocycles. The van der Waals surface area contributed by atoms with E-state index in [1.165, 1.54) is 7.11 Å². The van der Waals surface area contributed by atoms with Crippen LogP contribution in [0.2, 0.25) is 0 Å². The molecule has 102 valence electrons. The maximum Gasteiger partial charge on any atom is 0.327 e. The third-order valence-corrected chi connectivity index (χ3v) is 3.49. The Kier molecular flexibility index (Phi) is 6.40. The maximum absolute atomic E-state index is 11.9. The van der Waals surface area contributed by atoms with E-state index < -0.39 is 6.04 Å². The van der Waals surface area contributed by atoms with E-state index in [0.717, 1.165) is 11.3 Å². The molecule has 0 heterocycles. The fourth-order valence-electron chi connectivity index (χ4n) is 1.79. The Morgan fingerprint density at radius 2 is 2.32 bits per heavy atom. The van der Waals surface area contributed by atoms with Crippen molar-refractivity contribution in [2.45, 2.75) is 19.0 Å². The van der Waals surface area contributed by atoms with E-state index in [1.54, 1.807) is 30.0 Å². The van der Waals surface area contributed by atoms with Crippen molar-refractivity contribution in [3.63, 3.8) is 0 Å². The quantitative estimate of drug-likeness (QED) is 0.808. The normalized spacial score (nSPS) is 13.4. The Bertz CT molecular complexity index is 471. The monoisotopic (exact) mass is 278 g/mol. The van der Waals surface area contributed by atoms with Crippen LogP contribution in [-0.4, -0.2) is 31.1 Å². The van der Waals surface area contributed by atoms with Crippen LogP contribution in [-0.2, 0) is 9.53 Å². The summed E-state index contributed by atoms with van der Waals surface area (Å²) in [6, 6.07) is 8.71. The Morgan fingerprint density at radius 1 is 1.58 bits per heavy atom. The highest BCUT2D eigenvalue weighted by molar-refractivity contribution is 7.98. The largest absolute Gasteiger partial charge is 0.468 e. The van der Waals surface area contributed by atoms with Crippen molar-refractivity contribution in [1.29, 1.82) is 5.26 Å². The molecule has 0 aliphatic carbocycles. The number of hydrogen-bond acceptors (Lipinski definition) is 5. The molecule has 1 N–H and O–H groups in total. The summed E-state index contributed by atoms with van der Waals surface area (Å²) < 4.78 is 4.83. The summed E-state index contributed by atoms with van der Waals surface area (Å²) in [5.74, 6) is 0.550. The summed E-state index contributed by atoms with van der Waals surface area (Å²) in [7, 11) is 1.37. The molecule has 19 heavy (non-hydrogen) atoms. The first-order chi connectivity index (χ1) is 9.12. The zero-order valence-corrected chi connectivity index (χ0v) is 12.2. The van der Waals surface area contributed by atoms with Gasteiger partial charge in [-0.25, -0.2) is 4.79 Å². The molecule has 0 spiro atoms. The smallest absolute Gasteiger partial charge is 0.327 e. The molecule has 1 aromatic rings. The summed E-state index contributed by atoms with van der Waals surface area (Å²) >= 11 is 1.71. The van der Waals surface area contributed by atoms with Crippen LogP contribution in [0.4, 0.5) is 0 Å². The van der Waals surface area contributed by atoms with Crippen LogP contribution in [0.15, 0.2) is 24.3 Å². The minimum absolute atomic E-state index is 0.171. The molecule has 0 aliphatic heterocycles. The van der Waals surface area contributed by atoms with Gasteiger partial charge in [-0.1, -0.05) is 12.1 Å². The number of hydrogen-bond donors (Lipinski definition) is 1. The second kappa shape index (κ2) is 7.82. The number of benzene rings is 1. The zero-order valence-electron chi connectivity index (χ0n) is 11.3. The van der Waals surface area contributed by atoms with Gasteiger partial charge in [-0.15, -0.1) is 0 Å². The fraction of sp³-hybridized carbons (Fsp3) is 0.429. The molecule has 0 radical (unpaired) electrons. The van der Waals surface area contributed by atoms with E-state index in [9.17, 15) is 4.79 Å². The third kappa shape index (κ3) is 4.58. The molecule has 1 rings (SSSR count). The van der Waals surface area contributed by atoms with Gasteiger partial charge < -0.3 is 4.74 Å². The van der Waals surface area contributed by atoms with Crippen LogP contribution in [0.3, 0.4) is 0 Å². The summed E-state index contributed by atoms with van der Waals surface area (Å²) in [5.41, 5.74) is 1.28. The number of methoxy groups -OCH3 is 1. The lowest BCUT2D eigenvalue weighted by molar-refractivity contribution is -0.143. The van der Waals surface area contributed by atoms with Crippen LogP contribution < -0.4 is 5.32 Å². The highest BCUT2D eigenvalue weighted by Gasteiger charge is 2.23. The van der Waals surface area contributed by atoms with E-state index in [2.05, 4.69) is 11.4 Å². The Morgan fingerprint density at radius 3 is 2.89 bits per heavy atom. The van der Waals surface area contributed by atoms with Crippen LogP contribution in [0, 0.1) is 11.3 Å². The van der Waals surface area contributed by atoms with Crippen molar-refractivity contribution in [3.05, 3.63) is 35.4 Å². The first-order valence-electron chi connectivity index (χ1n) is 5.95. The van der Waals surface area contributed by atoms with Crippen LogP contribution in [0.5, 0.6) is 0 Å². The summed E-state index contributed by atoms with van der Waals surface area (Å²) in [6.07, 6.45) is 2.02. The molecular formula is C14H18N2O2S. The molecule has 0 unspecified atom stereocenters. The Hall–Kier alpha value is -1.51. The number of rotatable bonds is 6. The highest BCUT2D eigenvalue weighted by Crippen LogP contribution is 2.17. The van der Waals surface area contributed by atoms with Crippen LogP contribution in [0.25, 0.3) is 0 Å². The van der Waals surface area contributed by atoms with Gasteiger partial charge in [-0.2, -0.15) is 17.0 Å². The number of carbonyl (C=O) groups excluding carboxylic acids is 1. The molecule has 0 fully saturated rings. The topological polar surface area (TPSA) is 62.1 Å². The molecule has 0 aromatic heterocycles. The number of nitriles is 1. The molecule has 0 bridgehead atoms. The molecule has 5 heteroatoms. The van der Waals surface area contributed by atoms with Gasteiger partial charge in [0.05, 0.1) is 18.7 Å². The van der Waals surface area contributed by atoms with Crippen molar-refractivity contribution in [2.24, 2.45) is 0 Å². The van der Waals surface area contributed by atoms with E-state index in [0.29, 0.717) is 5.56 Å². The van der Waals surface area contributed by atoms with Gasteiger partial charge in [0.25, 0.3) is 0 Å². The Balaban J connectivity index is 2.96. The second-order valence-corrected chi connectivity index (χ2v) is 5.13. The van der Waals surface area contributed by atoms with Crippen molar-refractivity contribution < 1.29 is 9.53 Å². The lowest BCUT2D eigenvalue weighted by Crippen LogP contribution is -2.37. The molecule has 4 nitrogen and oxygen atoms in total. The second-order valence-electron chi connectivity index (χ2n) is 4.22. The Labute approximate surface area is 118 Å². The van der Waals surface area contributed by atoms with Gasteiger partial charge in [0.1, 0.15) is 6.04 Å². The summed E-state index contributed by atoms with van der Waals surface area (Å²) in [4.78, 5) is 11.9. The predicted octanol–water partition coefficient (Wildman–Crippen LogP) is 2.11. The fourth-order valence-corrected chi connectivity index (χ4v) is 2.38. The molecule has 0 saturated carbocycles. The minimum atomic E-state index is -0.541. The minimum Gasteiger partial charge on any atom is -0.468 e. The van der Waals surface area contributed by atoms with Crippen molar-refractivity contribution in [1.82, 2.24) is 5.32 Å². The molecule has 0 aliphatic rings. The number of nitrogens with one attached hydrogen (secondary N) is 1. The average molecular weight is 278 g/mol. The predicted molar refractivity (Wildman–Crippen MR) is 76.9 cm³/mol. The molecule has 0 saturated heterocycles. The van der Waals surface area contributed by atoms with Crippen LogP contribution >= 0.6 is 11.8 Å². The van der Waals surface area contributed by atoms with Gasteiger partial charge in [0, 0.05) is 11.8 Å². The van der Waals surface area contributed by atoms with E-state index in [-0.39, 0.29) is 12.0 Å². The number of nitrogens with zero attached hydrogens (tertiary/aromatic N) is 1. The number of thioether (sulfide) groups is 1.